The highest BCUT2D eigenvalue weighted by Gasteiger charge is 2.31. The van der Waals surface area contributed by atoms with Crippen LogP contribution in [-0.2, 0) is 0 Å². The summed E-state index contributed by atoms with van der Waals surface area (Å²) in [6.45, 7) is 5.53. The molecule has 0 radical (unpaired) electrons. The van der Waals surface area contributed by atoms with Crippen molar-refractivity contribution in [1.29, 1.82) is 0 Å². The molecule has 32 heavy (non-hydrogen) atoms. The minimum atomic E-state index is -0.0885. The van der Waals surface area contributed by atoms with E-state index in [1.165, 1.54) is 5.56 Å². The van der Waals surface area contributed by atoms with Gasteiger partial charge < -0.3 is 18.9 Å². The predicted octanol–water partition coefficient (Wildman–Crippen LogP) is 4.90. The van der Waals surface area contributed by atoms with Gasteiger partial charge >= 0.3 is 0 Å². The van der Waals surface area contributed by atoms with Gasteiger partial charge in [0.05, 0.1) is 25.7 Å². The molecule has 7 nitrogen and oxygen atoms in total. The number of piperidine rings is 1. The van der Waals surface area contributed by atoms with Crippen LogP contribution in [0.4, 0.5) is 0 Å². The number of ether oxygens (including phenoxy) is 2. The molecule has 1 aliphatic rings. The number of amides is 1. The molecule has 2 aromatic carbocycles. The van der Waals surface area contributed by atoms with Crippen molar-refractivity contribution in [3.05, 3.63) is 59.5 Å². The van der Waals surface area contributed by atoms with Crippen molar-refractivity contribution >= 4 is 5.91 Å². The molecule has 4 rings (SSSR count). The third-order valence-corrected chi connectivity index (χ3v) is 5.97. The Kier molecular flexibility index (Phi) is 6.44. The summed E-state index contributed by atoms with van der Waals surface area (Å²) in [5.74, 6) is 2.52. The van der Waals surface area contributed by atoms with Gasteiger partial charge in [-0.25, -0.2) is 0 Å². The highest BCUT2D eigenvalue weighted by Crippen LogP contribution is 2.34. The highest BCUT2D eigenvalue weighted by atomic mass is 16.5. The van der Waals surface area contributed by atoms with Gasteiger partial charge in [0.1, 0.15) is 0 Å². The predicted molar refractivity (Wildman–Crippen MR) is 121 cm³/mol. The molecule has 7 heteroatoms. The topological polar surface area (TPSA) is 77.7 Å². The van der Waals surface area contributed by atoms with E-state index in [0.717, 1.165) is 18.4 Å². The Morgan fingerprint density at radius 2 is 1.91 bits per heavy atom. The average molecular weight is 436 g/mol. The number of likely N-dealkylation sites (tertiary alicyclic amines) is 1. The minimum Gasteiger partial charge on any atom is -0.493 e. The van der Waals surface area contributed by atoms with Gasteiger partial charge in [0.25, 0.3) is 5.91 Å². The molecule has 0 bridgehead atoms. The summed E-state index contributed by atoms with van der Waals surface area (Å²) in [7, 11) is 3.11. The van der Waals surface area contributed by atoms with Crippen LogP contribution in [0.1, 0.15) is 60.3 Å². The van der Waals surface area contributed by atoms with E-state index in [4.69, 9.17) is 14.0 Å². The molecular weight excluding hydrogens is 406 g/mol. The van der Waals surface area contributed by atoms with E-state index in [-0.39, 0.29) is 11.8 Å². The van der Waals surface area contributed by atoms with E-state index in [2.05, 4.69) is 36.1 Å². The monoisotopic (exact) mass is 435 g/mol. The molecule has 0 N–H and O–H groups in total. The van der Waals surface area contributed by atoms with Crippen LogP contribution >= 0.6 is 0 Å². The number of hydrogen-bond donors (Lipinski definition) is 0. The van der Waals surface area contributed by atoms with Gasteiger partial charge in [-0.1, -0.05) is 49.3 Å². The molecule has 1 fully saturated rings. The van der Waals surface area contributed by atoms with Crippen LogP contribution in [0.2, 0.25) is 0 Å². The van der Waals surface area contributed by atoms with E-state index < -0.39 is 0 Å². The zero-order valence-corrected chi connectivity index (χ0v) is 19.0. The van der Waals surface area contributed by atoms with Gasteiger partial charge in [-0.2, -0.15) is 4.98 Å². The van der Waals surface area contributed by atoms with E-state index in [0.29, 0.717) is 47.8 Å². The molecule has 1 atom stereocenters. The number of aromatic nitrogens is 2. The van der Waals surface area contributed by atoms with E-state index in [9.17, 15) is 4.79 Å². The number of hydrogen-bond acceptors (Lipinski definition) is 6. The number of nitrogens with zero attached hydrogens (tertiary/aromatic N) is 3. The lowest BCUT2D eigenvalue weighted by molar-refractivity contribution is 0.0691. The van der Waals surface area contributed by atoms with Crippen LogP contribution in [0.5, 0.6) is 11.5 Å². The van der Waals surface area contributed by atoms with Crippen LogP contribution in [0.15, 0.2) is 47.0 Å². The normalized spacial score (nSPS) is 16.3. The summed E-state index contributed by atoms with van der Waals surface area (Å²) in [5.41, 5.74) is 2.69. The van der Waals surface area contributed by atoms with Crippen LogP contribution in [0.25, 0.3) is 11.4 Å². The second kappa shape index (κ2) is 9.42. The molecule has 0 unspecified atom stereocenters. The number of carbonyl (C=O) groups is 1. The molecule has 1 saturated heterocycles. The van der Waals surface area contributed by atoms with Crippen molar-refractivity contribution in [3.8, 4) is 22.9 Å². The fourth-order valence-corrected chi connectivity index (χ4v) is 4.12. The summed E-state index contributed by atoms with van der Waals surface area (Å²) in [6, 6.07) is 13.6. The van der Waals surface area contributed by atoms with Gasteiger partial charge in [-0.15, -0.1) is 0 Å². The van der Waals surface area contributed by atoms with E-state index >= 15 is 0 Å². The maximum Gasteiger partial charge on any atom is 0.257 e. The van der Waals surface area contributed by atoms with E-state index in [1.54, 1.807) is 32.4 Å². The van der Waals surface area contributed by atoms with Crippen molar-refractivity contribution in [1.82, 2.24) is 15.0 Å². The van der Waals surface area contributed by atoms with Gasteiger partial charge in [0.2, 0.25) is 11.7 Å². The number of rotatable bonds is 6. The first kappa shape index (κ1) is 21.9. The Balaban J connectivity index is 1.51. The molecule has 0 spiro atoms. The Morgan fingerprint density at radius 3 is 2.59 bits per heavy atom. The largest absolute Gasteiger partial charge is 0.493 e. The van der Waals surface area contributed by atoms with Crippen molar-refractivity contribution in [2.75, 3.05) is 27.3 Å². The number of benzene rings is 2. The first-order valence-corrected chi connectivity index (χ1v) is 11.0. The highest BCUT2D eigenvalue weighted by molar-refractivity contribution is 5.98. The summed E-state index contributed by atoms with van der Waals surface area (Å²) in [5, 5.41) is 4.19. The molecular formula is C25H29N3O4. The molecule has 0 saturated carbocycles. The molecule has 0 aliphatic carbocycles. The van der Waals surface area contributed by atoms with Gasteiger partial charge in [-0.3, -0.25) is 4.79 Å². The van der Waals surface area contributed by atoms with Crippen molar-refractivity contribution in [2.24, 2.45) is 0 Å². The summed E-state index contributed by atoms with van der Waals surface area (Å²) in [4.78, 5) is 19.7. The molecule has 2 heterocycles. The number of methoxy groups -OCH3 is 2. The SMILES string of the molecule is COc1cccc(C(=O)N2CCC[C@H](c3nc(-c4ccc(C(C)C)cc4)no3)C2)c1OC. The lowest BCUT2D eigenvalue weighted by Crippen LogP contribution is -2.39. The quantitative estimate of drug-likeness (QED) is 0.548. The smallest absolute Gasteiger partial charge is 0.257 e. The summed E-state index contributed by atoms with van der Waals surface area (Å²) < 4.78 is 16.4. The molecule has 1 aromatic heterocycles. The Morgan fingerprint density at radius 1 is 1.12 bits per heavy atom. The Bertz CT molecular complexity index is 1080. The van der Waals surface area contributed by atoms with Gasteiger partial charge in [0.15, 0.2) is 11.5 Å². The third-order valence-electron chi connectivity index (χ3n) is 5.97. The first-order chi connectivity index (χ1) is 15.5. The first-order valence-electron chi connectivity index (χ1n) is 11.0. The van der Waals surface area contributed by atoms with Crippen molar-refractivity contribution in [3.63, 3.8) is 0 Å². The zero-order chi connectivity index (χ0) is 22.7. The minimum absolute atomic E-state index is 0.000454. The lowest BCUT2D eigenvalue weighted by Gasteiger charge is -2.31. The Hall–Kier alpha value is -3.35. The molecule has 168 valence electrons. The van der Waals surface area contributed by atoms with Crippen LogP contribution in [0, 0.1) is 0 Å². The van der Waals surface area contributed by atoms with Gasteiger partial charge in [-0.05, 0) is 36.5 Å². The molecule has 3 aromatic rings. The number of carbonyl (C=O) groups excluding carboxylic acids is 1. The standard InChI is InChI=1S/C25H29N3O4/c1-16(2)17-10-12-18(13-11-17)23-26-24(32-27-23)19-7-6-14-28(15-19)25(29)20-8-5-9-21(30-3)22(20)31-4/h5,8-13,16,19H,6-7,14-15H2,1-4H3/t19-/m0/s1. The summed E-state index contributed by atoms with van der Waals surface area (Å²) >= 11 is 0. The van der Waals surface area contributed by atoms with Crippen molar-refractivity contribution in [2.45, 2.75) is 38.5 Å². The second-order valence-electron chi connectivity index (χ2n) is 8.36. The fraction of sp³-hybridized carbons (Fsp3) is 0.400. The van der Waals surface area contributed by atoms with Gasteiger partial charge in [0, 0.05) is 18.7 Å². The summed E-state index contributed by atoms with van der Waals surface area (Å²) in [6.07, 6.45) is 1.76. The maximum atomic E-state index is 13.3. The van der Waals surface area contributed by atoms with Crippen molar-refractivity contribution < 1.29 is 18.8 Å². The average Bonchev–Trinajstić information content (AvgIpc) is 3.33. The molecule has 1 amide bonds. The zero-order valence-electron chi connectivity index (χ0n) is 19.0. The Labute approximate surface area is 188 Å². The molecule has 1 aliphatic heterocycles. The van der Waals surface area contributed by atoms with Crippen LogP contribution in [-0.4, -0.2) is 48.3 Å². The number of para-hydroxylation sites is 1. The lowest BCUT2D eigenvalue weighted by atomic mass is 9.97. The third kappa shape index (κ3) is 4.33. The maximum absolute atomic E-state index is 13.3. The van der Waals surface area contributed by atoms with Crippen LogP contribution < -0.4 is 9.47 Å². The van der Waals surface area contributed by atoms with Crippen LogP contribution in [0.3, 0.4) is 0 Å². The fourth-order valence-electron chi connectivity index (χ4n) is 4.12. The second-order valence-corrected chi connectivity index (χ2v) is 8.36. The van der Waals surface area contributed by atoms with E-state index in [1.807, 2.05) is 17.0 Å².